The highest BCUT2D eigenvalue weighted by Gasteiger charge is 2.42. The number of benzene rings is 1. The SMILES string of the molecule is COc1cccc(Cl)c1CN1CCCNC(C)(C2CC2)C1. The molecule has 1 saturated carbocycles. The number of hydrogen-bond donors (Lipinski definition) is 1. The van der Waals surface area contributed by atoms with Gasteiger partial charge in [-0.1, -0.05) is 17.7 Å². The van der Waals surface area contributed by atoms with Crippen LogP contribution in [0.1, 0.15) is 31.7 Å². The Bertz CT molecular complexity index is 504. The Balaban J connectivity index is 1.77. The molecule has 3 rings (SSSR count). The van der Waals surface area contributed by atoms with Crippen molar-refractivity contribution in [2.24, 2.45) is 5.92 Å². The van der Waals surface area contributed by atoms with Crippen molar-refractivity contribution in [3.05, 3.63) is 28.8 Å². The van der Waals surface area contributed by atoms with E-state index in [-0.39, 0.29) is 5.54 Å². The van der Waals surface area contributed by atoms with E-state index >= 15 is 0 Å². The Hall–Kier alpha value is -0.770. The zero-order chi connectivity index (χ0) is 14.9. The van der Waals surface area contributed by atoms with Gasteiger partial charge in [-0.2, -0.15) is 0 Å². The van der Waals surface area contributed by atoms with E-state index in [0.29, 0.717) is 0 Å². The van der Waals surface area contributed by atoms with Gasteiger partial charge in [0.05, 0.1) is 7.11 Å². The minimum Gasteiger partial charge on any atom is -0.496 e. The van der Waals surface area contributed by atoms with Crippen LogP contribution < -0.4 is 10.1 Å². The van der Waals surface area contributed by atoms with Gasteiger partial charge in [0.15, 0.2) is 0 Å². The van der Waals surface area contributed by atoms with E-state index in [1.807, 2.05) is 18.2 Å². The zero-order valence-corrected chi connectivity index (χ0v) is 13.7. The van der Waals surface area contributed by atoms with E-state index in [1.54, 1.807) is 7.11 Å². The predicted molar refractivity (Wildman–Crippen MR) is 87.0 cm³/mol. The van der Waals surface area contributed by atoms with Crippen LogP contribution in [0.25, 0.3) is 0 Å². The molecule has 116 valence electrons. The van der Waals surface area contributed by atoms with Gasteiger partial charge in [0.25, 0.3) is 0 Å². The van der Waals surface area contributed by atoms with E-state index in [2.05, 4.69) is 17.1 Å². The maximum Gasteiger partial charge on any atom is 0.124 e. The molecule has 1 saturated heterocycles. The van der Waals surface area contributed by atoms with E-state index in [4.69, 9.17) is 16.3 Å². The van der Waals surface area contributed by atoms with Crippen molar-refractivity contribution < 1.29 is 4.74 Å². The third kappa shape index (κ3) is 3.36. The fourth-order valence-corrected chi connectivity index (χ4v) is 3.74. The van der Waals surface area contributed by atoms with Crippen LogP contribution in [-0.2, 0) is 6.54 Å². The standard InChI is InChI=1S/C17H25ClN2O/c1-17(13-7-8-13)12-20(10-4-9-19-17)11-14-15(18)5-3-6-16(14)21-2/h3,5-6,13,19H,4,7-12H2,1-2H3. The number of methoxy groups -OCH3 is 1. The molecule has 21 heavy (non-hydrogen) atoms. The van der Waals surface area contributed by atoms with Crippen LogP contribution in [0.5, 0.6) is 5.75 Å². The summed E-state index contributed by atoms with van der Waals surface area (Å²) in [5.41, 5.74) is 1.37. The molecule has 1 aliphatic heterocycles. The quantitative estimate of drug-likeness (QED) is 0.923. The van der Waals surface area contributed by atoms with Gasteiger partial charge in [-0.15, -0.1) is 0 Å². The van der Waals surface area contributed by atoms with Crippen LogP contribution in [0.4, 0.5) is 0 Å². The van der Waals surface area contributed by atoms with E-state index < -0.39 is 0 Å². The minimum absolute atomic E-state index is 0.255. The summed E-state index contributed by atoms with van der Waals surface area (Å²) in [6, 6.07) is 5.90. The van der Waals surface area contributed by atoms with Crippen molar-refractivity contribution in [1.29, 1.82) is 0 Å². The topological polar surface area (TPSA) is 24.5 Å². The van der Waals surface area contributed by atoms with Crippen molar-refractivity contribution in [2.45, 2.75) is 38.3 Å². The summed E-state index contributed by atoms with van der Waals surface area (Å²) in [4.78, 5) is 2.53. The first-order chi connectivity index (χ1) is 10.1. The summed E-state index contributed by atoms with van der Waals surface area (Å²) in [5.74, 6) is 1.74. The first kappa shape index (κ1) is 15.1. The largest absolute Gasteiger partial charge is 0.496 e. The Morgan fingerprint density at radius 3 is 2.95 bits per heavy atom. The average Bonchev–Trinajstić information content (AvgIpc) is 3.29. The number of rotatable bonds is 4. The maximum atomic E-state index is 6.39. The van der Waals surface area contributed by atoms with Gasteiger partial charge >= 0.3 is 0 Å². The van der Waals surface area contributed by atoms with Crippen molar-refractivity contribution in [3.63, 3.8) is 0 Å². The molecule has 0 amide bonds. The van der Waals surface area contributed by atoms with Gasteiger partial charge in [-0.3, -0.25) is 4.90 Å². The van der Waals surface area contributed by atoms with Crippen LogP contribution >= 0.6 is 11.6 Å². The first-order valence-electron chi connectivity index (χ1n) is 7.91. The summed E-state index contributed by atoms with van der Waals surface area (Å²) >= 11 is 6.39. The third-order valence-electron chi connectivity index (χ3n) is 4.89. The Morgan fingerprint density at radius 1 is 1.43 bits per heavy atom. The molecule has 3 nitrogen and oxygen atoms in total. The van der Waals surface area contributed by atoms with Crippen molar-refractivity contribution in [2.75, 3.05) is 26.7 Å². The maximum absolute atomic E-state index is 6.39. The molecule has 0 spiro atoms. The number of halogens is 1. The van der Waals surface area contributed by atoms with Crippen LogP contribution in [-0.4, -0.2) is 37.2 Å². The normalized spacial score (nSPS) is 27.4. The monoisotopic (exact) mass is 308 g/mol. The molecule has 1 atom stereocenters. The van der Waals surface area contributed by atoms with Crippen LogP contribution in [0.3, 0.4) is 0 Å². The van der Waals surface area contributed by atoms with Gasteiger partial charge in [0, 0.05) is 29.2 Å². The molecule has 2 aliphatic rings. The fraction of sp³-hybridized carbons (Fsp3) is 0.647. The van der Waals surface area contributed by atoms with Gasteiger partial charge < -0.3 is 10.1 Å². The van der Waals surface area contributed by atoms with Crippen LogP contribution in [0, 0.1) is 5.92 Å². The molecule has 0 radical (unpaired) electrons. The molecule has 1 aliphatic carbocycles. The summed E-state index contributed by atoms with van der Waals surface area (Å²) in [5, 5.41) is 4.58. The molecule has 2 fully saturated rings. The molecule has 1 aromatic rings. The highest BCUT2D eigenvalue weighted by atomic mass is 35.5. The lowest BCUT2D eigenvalue weighted by molar-refractivity contribution is 0.193. The number of hydrogen-bond acceptors (Lipinski definition) is 3. The fourth-order valence-electron chi connectivity index (χ4n) is 3.51. The molecular formula is C17H25ClN2O. The molecule has 4 heteroatoms. The smallest absolute Gasteiger partial charge is 0.124 e. The Labute approximate surface area is 132 Å². The molecule has 1 heterocycles. The second-order valence-electron chi connectivity index (χ2n) is 6.60. The zero-order valence-electron chi connectivity index (χ0n) is 13.0. The minimum atomic E-state index is 0.255. The lowest BCUT2D eigenvalue weighted by Gasteiger charge is -2.34. The first-order valence-corrected chi connectivity index (χ1v) is 8.29. The van der Waals surface area contributed by atoms with Gasteiger partial charge in [0.1, 0.15) is 5.75 Å². The summed E-state index contributed by atoms with van der Waals surface area (Å²) in [6.07, 6.45) is 3.93. The van der Waals surface area contributed by atoms with Crippen molar-refractivity contribution in [3.8, 4) is 5.75 Å². The molecular weight excluding hydrogens is 284 g/mol. The van der Waals surface area contributed by atoms with Gasteiger partial charge in [0.2, 0.25) is 0 Å². The summed E-state index contributed by atoms with van der Waals surface area (Å²) in [6.45, 7) is 6.57. The van der Waals surface area contributed by atoms with E-state index in [9.17, 15) is 0 Å². The molecule has 0 aromatic heterocycles. The molecule has 1 N–H and O–H groups in total. The Morgan fingerprint density at radius 2 is 2.24 bits per heavy atom. The van der Waals surface area contributed by atoms with Crippen LogP contribution in [0.15, 0.2) is 18.2 Å². The number of ether oxygens (including phenoxy) is 1. The van der Waals surface area contributed by atoms with E-state index in [0.717, 1.165) is 48.4 Å². The van der Waals surface area contributed by atoms with Crippen molar-refractivity contribution in [1.82, 2.24) is 10.2 Å². The Kier molecular flexibility index (Phi) is 4.43. The third-order valence-corrected chi connectivity index (χ3v) is 5.24. The van der Waals surface area contributed by atoms with Gasteiger partial charge in [-0.25, -0.2) is 0 Å². The highest BCUT2D eigenvalue weighted by Crippen LogP contribution is 2.41. The lowest BCUT2D eigenvalue weighted by atomic mass is 9.95. The number of nitrogens with one attached hydrogen (secondary N) is 1. The lowest BCUT2D eigenvalue weighted by Crippen LogP contribution is -2.50. The predicted octanol–water partition coefficient (Wildman–Crippen LogP) is 3.31. The van der Waals surface area contributed by atoms with E-state index in [1.165, 1.54) is 19.3 Å². The summed E-state index contributed by atoms with van der Waals surface area (Å²) in [7, 11) is 1.72. The highest BCUT2D eigenvalue weighted by molar-refractivity contribution is 6.31. The van der Waals surface area contributed by atoms with Crippen LogP contribution in [0.2, 0.25) is 5.02 Å². The molecule has 1 aromatic carbocycles. The molecule has 0 bridgehead atoms. The molecule has 1 unspecified atom stereocenters. The number of nitrogens with zero attached hydrogens (tertiary/aromatic N) is 1. The van der Waals surface area contributed by atoms with Gasteiger partial charge in [-0.05, 0) is 57.3 Å². The van der Waals surface area contributed by atoms with Crippen molar-refractivity contribution >= 4 is 11.6 Å². The second kappa shape index (κ2) is 6.15. The second-order valence-corrected chi connectivity index (χ2v) is 7.01. The summed E-state index contributed by atoms with van der Waals surface area (Å²) < 4.78 is 5.48. The average molecular weight is 309 g/mol.